The molecule has 2 heterocycles. The highest BCUT2D eigenvalue weighted by molar-refractivity contribution is 6.01. The van der Waals surface area contributed by atoms with E-state index in [1.54, 1.807) is 19.2 Å². The van der Waals surface area contributed by atoms with Crippen LogP contribution in [-0.4, -0.2) is 22.1 Å². The minimum atomic E-state index is -0.603. The molecule has 0 radical (unpaired) electrons. The zero-order chi connectivity index (χ0) is 17.6. The average molecular weight is 331 g/mol. The molecule has 0 N–H and O–H groups in total. The Labute approximate surface area is 145 Å². The van der Waals surface area contributed by atoms with E-state index in [2.05, 4.69) is 9.55 Å². The van der Waals surface area contributed by atoms with Crippen LogP contribution >= 0.6 is 0 Å². The highest BCUT2D eigenvalue weighted by Gasteiger charge is 2.13. The zero-order valence-corrected chi connectivity index (χ0v) is 13.8. The van der Waals surface area contributed by atoms with Crippen molar-refractivity contribution < 1.29 is 9.53 Å². The Kier molecular flexibility index (Phi) is 4.91. The third-order valence-electron chi connectivity index (χ3n) is 3.81. The second kappa shape index (κ2) is 7.45. The van der Waals surface area contributed by atoms with Crippen molar-refractivity contribution in [3.8, 4) is 6.07 Å². The number of pyridine rings is 1. The van der Waals surface area contributed by atoms with Gasteiger partial charge in [0.25, 0.3) is 0 Å². The van der Waals surface area contributed by atoms with E-state index >= 15 is 0 Å². The number of nitriles is 1. The molecule has 0 aliphatic carbocycles. The number of rotatable bonds is 5. The molecule has 0 saturated carbocycles. The molecule has 1 aromatic carbocycles. The lowest BCUT2D eigenvalue weighted by atomic mass is 10.1. The molecule has 5 nitrogen and oxygen atoms in total. The van der Waals surface area contributed by atoms with E-state index in [4.69, 9.17) is 4.74 Å². The number of benzene rings is 1. The van der Waals surface area contributed by atoms with Gasteiger partial charge in [0.05, 0.1) is 6.61 Å². The van der Waals surface area contributed by atoms with E-state index in [-0.39, 0.29) is 12.2 Å². The number of nitrogens with zero attached hydrogens (tertiary/aromatic N) is 3. The van der Waals surface area contributed by atoms with Crippen molar-refractivity contribution in [3.63, 3.8) is 0 Å². The lowest BCUT2D eigenvalue weighted by Crippen LogP contribution is -2.05. The molecule has 25 heavy (non-hydrogen) atoms. The predicted molar refractivity (Wildman–Crippen MR) is 95.5 cm³/mol. The van der Waals surface area contributed by atoms with E-state index in [1.807, 2.05) is 54.9 Å². The second-order valence-corrected chi connectivity index (χ2v) is 5.48. The third-order valence-corrected chi connectivity index (χ3v) is 3.81. The minimum absolute atomic E-state index is 0.00821. The minimum Gasteiger partial charge on any atom is -0.462 e. The number of esters is 1. The fourth-order valence-electron chi connectivity index (χ4n) is 2.71. The zero-order valence-electron chi connectivity index (χ0n) is 13.8. The third kappa shape index (κ3) is 3.59. The van der Waals surface area contributed by atoms with E-state index < -0.39 is 5.97 Å². The van der Waals surface area contributed by atoms with Crippen LogP contribution in [0.4, 0.5) is 0 Å². The summed E-state index contributed by atoms with van der Waals surface area (Å²) in [6.07, 6.45) is 7.09. The Morgan fingerprint density at radius 1 is 1.32 bits per heavy atom. The topological polar surface area (TPSA) is 67.9 Å². The number of carbonyl (C=O) groups is 1. The van der Waals surface area contributed by atoms with Crippen LogP contribution in [0, 0.1) is 11.3 Å². The summed E-state index contributed by atoms with van der Waals surface area (Å²) in [6.45, 7) is 2.61. The first-order valence-corrected chi connectivity index (χ1v) is 7.98. The van der Waals surface area contributed by atoms with Crippen LogP contribution in [0.3, 0.4) is 0 Å². The Morgan fingerprint density at radius 2 is 2.16 bits per heavy atom. The van der Waals surface area contributed by atoms with Gasteiger partial charge in [0.2, 0.25) is 0 Å². The first-order valence-electron chi connectivity index (χ1n) is 7.98. The molecule has 3 rings (SSSR count). The van der Waals surface area contributed by atoms with Gasteiger partial charge in [0.1, 0.15) is 11.6 Å². The highest BCUT2D eigenvalue weighted by atomic mass is 16.5. The monoisotopic (exact) mass is 331 g/mol. The Morgan fingerprint density at radius 3 is 2.88 bits per heavy atom. The molecular weight excluding hydrogens is 314 g/mol. The summed E-state index contributed by atoms with van der Waals surface area (Å²) in [5.41, 5.74) is 2.90. The molecule has 124 valence electrons. The summed E-state index contributed by atoms with van der Waals surface area (Å²) in [4.78, 5) is 16.0. The fourth-order valence-corrected chi connectivity index (χ4v) is 2.71. The number of fused-ring (bicyclic) bond motifs is 1. The van der Waals surface area contributed by atoms with Crippen molar-refractivity contribution in [3.05, 3.63) is 71.7 Å². The summed E-state index contributed by atoms with van der Waals surface area (Å²) in [6, 6.07) is 13.7. The maximum absolute atomic E-state index is 11.9. The Hall–Kier alpha value is -3.39. The maximum atomic E-state index is 11.9. The first kappa shape index (κ1) is 16.5. The molecule has 0 aliphatic rings. The van der Waals surface area contributed by atoms with Crippen molar-refractivity contribution in [1.29, 1.82) is 5.26 Å². The largest absolute Gasteiger partial charge is 0.462 e. The smallest absolute Gasteiger partial charge is 0.348 e. The Balaban J connectivity index is 2.05. The molecule has 3 aromatic rings. The van der Waals surface area contributed by atoms with Crippen molar-refractivity contribution >= 4 is 22.9 Å². The number of ether oxygens (including phenoxy) is 1. The van der Waals surface area contributed by atoms with Gasteiger partial charge in [-0.3, -0.25) is 4.98 Å². The molecular formula is C20H17N3O2. The van der Waals surface area contributed by atoms with E-state index in [1.165, 1.54) is 0 Å². The summed E-state index contributed by atoms with van der Waals surface area (Å²) < 4.78 is 7.02. The van der Waals surface area contributed by atoms with Crippen LogP contribution in [0.2, 0.25) is 0 Å². The number of aromatic nitrogens is 2. The predicted octanol–water partition coefficient (Wildman–Crippen LogP) is 3.55. The van der Waals surface area contributed by atoms with Gasteiger partial charge in [-0.15, -0.1) is 0 Å². The summed E-state index contributed by atoms with van der Waals surface area (Å²) in [7, 11) is 0. The van der Waals surface area contributed by atoms with Crippen LogP contribution in [0.5, 0.6) is 0 Å². The quantitative estimate of drug-likeness (QED) is 0.407. The van der Waals surface area contributed by atoms with Gasteiger partial charge in [-0.05, 0) is 30.7 Å². The van der Waals surface area contributed by atoms with E-state index in [0.29, 0.717) is 6.54 Å². The van der Waals surface area contributed by atoms with Crippen molar-refractivity contribution in [2.75, 3.05) is 6.61 Å². The van der Waals surface area contributed by atoms with Crippen LogP contribution in [0.25, 0.3) is 17.0 Å². The van der Waals surface area contributed by atoms with Crippen LogP contribution in [0.1, 0.15) is 18.1 Å². The molecule has 0 atom stereocenters. The normalized spacial score (nSPS) is 11.3. The van der Waals surface area contributed by atoms with Crippen molar-refractivity contribution in [1.82, 2.24) is 9.55 Å². The summed E-state index contributed by atoms with van der Waals surface area (Å²) in [5, 5.41) is 10.2. The molecule has 5 heteroatoms. The van der Waals surface area contributed by atoms with Crippen molar-refractivity contribution in [2.45, 2.75) is 13.5 Å². The SMILES string of the molecule is CCOC(=O)/C(C#N)=C/c1cn(Cc2cccnc2)c2ccccc12. The van der Waals surface area contributed by atoms with Gasteiger partial charge >= 0.3 is 5.97 Å². The van der Waals surface area contributed by atoms with Crippen LogP contribution in [-0.2, 0) is 16.1 Å². The van der Waals surface area contributed by atoms with E-state index in [9.17, 15) is 10.1 Å². The summed E-state index contributed by atoms with van der Waals surface area (Å²) in [5.74, 6) is -0.603. The highest BCUT2D eigenvalue weighted by Crippen LogP contribution is 2.24. The molecule has 2 aromatic heterocycles. The van der Waals surface area contributed by atoms with Crippen molar-refractivity contribution in [2.24, 2.45) is 0 Å². The lowest BCUT2D eigenvalue weighted by Gasteiger charge is -2.04. The fraction of sp³-hybridized carbons (Fsp3) is 0.150. The van der Waals surface area contributed by atoms with Gasteiger partial charge in [0.15, 0.2) is 0 Å². The molecule has 0 saturated heterocycles. The molecule has 0 fully saturated rings. The molecule has 0 spiro atoms. The number of carbonyl (C=O) groups excluding carboxylic acids is 1. The molecule has 0 bridgehead atoms. The lowest BCUT2D eigenvalue weighted by molar-refractivity contribution is -0.137. The number of para-hydroxylation sites is 1. The Bertz CT molecular complexity index is 966. The first-order chi connectivity index (χ1) is 12.2. The van der Waals surface area contributed by atoms with Gasteiger partial charge in [-0.1, -0.05) is 24.3 Å². The van der Waals surface area contributed by atoms with E-state index in [0.717, 1.165) is 22.0 Å². The molecule has 0 aliphatic heterocycles. The van der Waals surface area contributed by atoms with Gasteiger partial charge in [-0.25, -0.2) is 4.79 Å². The summed E-state index contributed by atoms with van der Waals surface area (Å²) >= 11 is 0. The molecule has 0 unspecified atom stereocenters. The molecule has 0 amide bonds. The van der Waals surface area contributed by atoms with Crippen LogP contribution < -0.4 is 0 Å². The number of hydrogen-bond acceptors (Lipinski definition) is 4. The van der Waals surface area contributed by atoms with Gasteiger partial charge in [-0.2, -0.15) is 5.26 Å². The van der Waals surface area contributed by atoms with Crippen LogP contribution in [0.15, 0.2) is 60.6 Å². The standard InChI is InChI=1S/C20H17N3O2/c1-2-25-20(24)16(11-21)10-17-14-23(13-15-6-5-9-22-12-15)19-8-4-3-7-18(17)19/h3-10,12,14H,2,13H2,1H3/b16-10+. The number of hydrogen-bond donors (Lipinski definition) is 0. The average Bonchev–Trinajstić information content (AvgIpc) is 2.98. The second-order valence-electron chi connectivity index (χ2n) is 5.48. The van der Waals surface area contributed by atoms with Gasteiger partial charge < -0.3 is 9.30 Å². The van der Waals surface area contributed by atoms with Gasteiger partial charge in [0, 0.05) is 41.6 Å². The maximum Gasteiger partial charge on any atom is 0.348 e.